The average Bonchev–Trinajstić information content (AvgIpc) is 2.81. The Morgan fingerprint density at radius 1 is 1.00 bits per heavy atom. The summed E-state index contributed by atoms with van der Waals surface area (Å²) in [6.45, 7) is 0. The lowest BCUT2D eigenvalue weighted by Gasteiger charge is -2.01. The molecule has 0 saturated carbocycles. The molecule has 0 N–H and O–H groups in total. The van der Waals surface area contributed by atoms with Crippen LogP contribution in [-0.2, 0) is 0 Å². The van der Waals surface area contributed by atoms with Gasteiger partial charge in [0, 0.05) is 5.56 Å². The molecule has 3 aromatic rings. The lowest BCUT2D eigenvalue weighted by Crippen LogP contribution is -1.88. The van der Waals surface area contributed by atoms with Crippen molar-refractivity contribution in [2.75, 3.05) is 0 Å². The van der Waals surface area contributed by atoms with Gasteiger partial charge in [0.1, 0.15) is 5.69 Å². The van der Waals surface area contributed by atoms with Crippen LogP contribution in [0.3, 0.4) is 0 Å². The van der Waals surface area contributed by atoms with E-state index in [4.69, 9.17) is 16.0 Å². The van der Waals surface area contributed by atoms with Gasteiger partial charge in [-0.3, -0.25) is 0 Å². The fourth-order valence-electron chi connectivity index (χ4n) is 1.66. The summed E-state index contributed by atoms with van der Waals surface area (Å²) in [5.74, 6) is 0. The summed E-state index contributed by atoms with van der Waals surface area (Å²) in [6.07, 6.45) is 1.59. The van der Waals surface area contributed by atoms with Gasteiger partial charge in [-0.15, -0.1) is 10.2 Å². The van der Waals surface area contributed by atoms with Gasteiger partial charge in [0.15, 0.2) is 10.7 Å². The van der Waals surface area contributed by atoms with Crippen molar-refractivity contribution in [3.8, 4) is 11.3 Å². The zero-order valence-corrected chi connectivity index (χ0v) is 8.98. The number of hydrogen-bond acceptors (Lipinski definition) is 3. The van der Waals surface area contributed by atoms with Crippen molar-refractivity contribution in [1.82, 2.24) is 10.2 Å². The highest BCUT2D eigenvalue weighted by molar-refractivity contribution is 6.33. The fourth-order valence-corrected chi connectivity index (χ4v) is 1.84. The van der Waals surface area contributed by atoms with Gasteiger partial charge in [0.25, 0.3) is 0 Å². The van der Waals surface area contributed by atoms with Gasteiger partial charge >= 0.3 is 0 Å². The Morgan fingerprint density at radius 2 is 1.81 bits per heavy atom. The van der Waals surface area contributed by atoms with Crippen molar-refractivity contribution in [2.24, 2.45) is 0 Å². The number of furan rings is 1. The van der Waals surface area contributed by atoms with Crippen LogP contribution in [0.25, 0.3) is 22.2 Å². The molecule has 0 aliphatic heterocycles. The molecular weight excluding hydrogens is 224 g/mol. The second kappa shape index (κ2) is 3.61. The third-order valence-corrected chi connectivity index (χ3v) is 2.64. The normalized spacial score (nSPS) is 10.8. The molecule has 0 saturated heterocycles. The minimum absolute atomic E-state index is 0.291. The van der Waals surface area contributed by atoms with Gasteiger partial charge < -0.3 is 4.42 Å². The molecule has 3 nitrogen and oxygen atoms in total. The summed E-state index contributed by atoms with van der Waals surface area (Å²) in [7, 11) is 0. The van der Waals surface area contributed by atoms with Gasteiger partial charge in [-0.25, -0.2) is 0 Å². The van der Waals surface area contributed by atoms with Gasteiger partial charge in [-0.1, -0.05) is 41.9 Å². The number of hydrogen-bond donors (Lipinski definition) is 0. The van der Waals surface area contributed by atoms with Crippen LogP contribution in [0, 0.1) is 0 Å². The van der Waals surface area contributed by atoms with Gasteiger partial charge in [-0.05, 0) is 6.07 Å². The van der Waals surface area contributed by atoms with Crippen LogP contribution in [0.2, 0.25) is 5.15 Å². The SMILES string of the molecule is Clc1nnc(-c2ccccc2)c2ccoc12. The average molecular weight is 231 g/mol. The molecular formula is C12H7ClN2O. The molecule has 0 spiro atoms. The highest BCUT2D eigenvalue weighted by atomic mass is 35.5. The zero-order chi connectivity index (χ0) is 11.0. The van der Waals surface area contributed by atoms with E-state index < -0.39 is 0 Å². The summed E-state index contributed by atoms with van der Waals surface area (Å²) in [4.78, 5) is 0. The van der Waals surface area contributed by atoms with E-state index in [9.17, 15) is 0 Å². The summed E-state index contributed by atoms with van der Waals surface area (Å²) in [5, 5.41) is 9.16. The first kappa shape index (κ1) is 9.36. The molecule has 2 aromatic heterocycles. The van der Waals surface area contributed by atoms with E-state index in [1.807, 2.05) is 36.4 Å². The van der Waals surface area contributed by atoms with Crippen molar-refractivity contribution in [1.29, 1.82) is 0 Å². The first-order chi connectivity index (χ1) is 7.86. The van der Waals surface area contributed by atoms with E-state index in [0.29, 0.717) is 10.7 Å². The molecule has 0 bridgehead atoms. The predicted octanol–water partition coefficient (Wildman–Crippen LogP) is 3.54. The zero-order valence-electron chi connectivity index (χ0n) is 8.22. The van der Waals surface area contributed by atoms with Crippen molar-refractivity contribution < 1.29 is 4.42 Å². The Kier molecular flexibility index (Phi) is 2.11. The Hall–Kier alpha value is -1.87. The number of halogens is 1. The maximum atomic E-state index is 5.89. The number of aromatic nitrogens is 2. The smallest absolute Gasteiger partial charge is 0.194 e. The van der Waals surface area contributed by atoms with Crippen LogP contribution in [0.1, 0.15) is 0 Å². The molecule has 4 heteroatoms. The second-order valence-corrected chi connectivity index (χ2v) is 3.73. The molecule has 1 aromatic carbocycles. The van der Waals surface area contributed by atoms with Crippen LogP contribution in [-0.4, -0.2) is 10.2 Å². The number of rotatable bonds is 1. The van der Waals surface area contributed by atoms with Gasteiger partial charge in [0.2, 0.25) is 0 Å². The summed E-state index contributed by atoms with van der Waals surface area (Å²) >= 11 is 5.89. The molecule has 2 heterocycles. The lowest BCUT2D eigenvalue weighted by molar-refractivity contribution is 0.613. The van der Waals surface area contributed by atoms with Crippen molar-refractivity contribution >= 4 is 22.6 Å². The number of benzene rings is 1. The Bertz CT molecular complexity index is 634. The largest absolute Gasteiger partial charge is 0.461 e. The van der Waals surface area contributed by atoms with Crippen LogP contribution < -0.4 is 0 Å². The van der Waals surface area contributed by atoms with E-state index in [2.05, 4.69) is 10.2 Å². The maximum Gasteiger partial charge on any atom is 0.194 e. The van der Waals surface area contributed by atoms with Gasteiger partial charge in [0.05, 0.1) is 11.6 Å². The number of fused-ring (bicyclic) bond motifs is 1. The molecule has 16 heavy (non-hydrogen) atoms. The first-order valence-corrected chi connectivity index (χ1v) is 5.19. The van der Waals surface area contributed by atoms with Crippen molar-refractivity contribution in [3.63, 3.8) is 0 Å². The predicted molar refractivity (Wildman–Crippen MR) is 62.3 cm³/mol. The molecule has 78 valence electrons. The maximum absolute atomic E-state index is 5.89. The summed E-state index contributed by atoms with van der Waals surface area (Å²) < 4.78 is 5.28. The molecule has 3 rings (SSSR count). The van der Waals surface area contributed by atoms with Gasteiger partial charge in [-0.2, -0.15) is 0 Å². The Morgan fingerprint density at radius 3 is 2.62 bits per heavy atom. The molecule has 0 radical (unpaired) electrons. The van der Waals surface area contributed by atoms with Crippen molar-refractivity contribution in [3.05, 3.63) is 47.8 Å². The highest BCUT2D eigenvalue weighted by Crippen LogP contribution is 2.29. The quantitative estimate of drug-likeness (QED) is 0.642. The summed E-state index contributed by atoms with van der Waals surface area (Å²) in [5.41, 5.74) is 2.36. The molecule has 0 aliphatic carbocycles. The molecule has 0 unspecified atom stereocenters. The fraction of sp³-hybridized carbons (Fsp3) is 0. The Balaban J connectivity index is 2.33. The van der Waals surface area contributed by atoms with Crippen LogP contribution in [0.15, 0.2) is 47.1 Å². The topological polar surface area (TPSA) is 38.9 Å². The van der Waals surface area contributed by atoms with Crippen LogP contribution >= 0.6 is 11.6 Å². The third kappa shape index (κ3) is 1.37. The Labute approximate surface area is 96.7 Å². The van der Waals surface area contributed by atoms with E-state index in [1.165, 1.54) is 0 Å². The summed E-state index contributed by atoms with van der Waals surface area (Å²) in [6, 6.07) is 11.7. The number of nitrogens with zero attached hydrogens (tertiary/aromatic N) is 2. The van der Waals surface area contributed by atoms with Crippen LogP contribution in [0.5, 0.6) is 0 Å². The van der Waals surface area contributed by atoms with Crippen LogP contribution in [0.4, 0.5) is 0 Å². The minimum atomic E-state index is 0.291. The molecule has 0 atom stereocenters. The third-order valence-electron chi connectivity index (χ3n) is 2.39. The molecule has 0 fully saturated rings. The van der Waals surface area contributed by atoms with E-state index in [0.717, 1.165) is 16.6 Å². The van der Waals surface area contributed by atoms with Crippen molar-refractivity contribution in [2.45, 2.75) is 0 Å². The standard InChI is InChI=1S/C12H7ClN2O/c13-12-11-9(6-7-16-11)10(14-15-12)8-4-2-1-3-5-8/h1-7H. The van der Waals surface area contributed by atoms with E-state index in [1.54, 1.807) is 6.26 Å². The highest BCUT2D eigenvalue weighted by Gasteiger charge is 2.11. The minimum Gasteiger partial charge on any atom is -0.461 e. The first-order valence-electron chi connectivity index (χ1n) is 4.81. The second-order valence-electron chi connectivity index (χ2n) is 3.37. The molecule has 0 amide bonds. The van der Waals surface area contributed by atoms with E-state index >= 15 is 0 Å². The monoisotopic (exact) mass is 230 g/mol. The molecule has 0 aliphatic rings. The lowest BCUT2D eigenvalue weighted by atomic mass is 10.1. The van der Waals surface area contributed by atoms with E-state index in [-0.39, 0.29) is 0 Å².